The van der Waals surface area contributed by atoms with Gasteiger partial charge < -0.3 is 5.32 Å². The summed E-state index contributed by atoms with van der Waals surface area (Å²) in [5, 5.41) is 12.5. The minimum atomic E-state index is -0.412. The number of aromatic nitrogens is 2. The summed E-state index contributed by atoms with van der Waals surface area (Å²) < 4.78 is 0. The summed E-state index contributed by atoms with van der Waals surface area (Å²) in [6.07, 6.45) is 5.13. The quantitative estimate of drug-likeness (QED) is 0.686. The fraction of sp³-hybridized carbons (Fsp3) is 0.0455. The first-order valence-corrected chi connectivity index (χ1v) is 8.43. The largest absolute Gasteiger partial charge is 0.320 e. The normalized spacial score (nSPS) is 10.0. The van der Waals surface area contributed by atoms with Crippen LogP contribution in [0, 0.1) is 18.3 Å². The maximum absolute atomic E-state index is 12.7. The summed E-state index contributed by atoms with van der Waals surface area (Å²) in [6.45, 7) is 5.56. The molecule has 1 amide bonds. The molecular weight excluding hydrogens is 352 g/mol. The van der Waals surface area contributed by atoms with Crippen LogP contribution in [0.5, 0.6) is 0 Å². The number of benzene rings is 1. The highest BCUT2D eigenvalue weighted by molar-refractivity contribution is 6.06. The molecule has 0 radical (unpaired) electrons. The number of para-hydroxylation sites is 1. The van der Waals surface area contributed by atoms with Gasteiger partial charge >= 0.3 is 0 Å². The lowest BCUT2D eigenvalue weighted by Crippen LogP contribution is -2.15. The van der Waals surface area contributed by atoms with Crippen LogP contribution in [0.2, 0.25) is 0 Å². The first kappa shape index (κ1) is 18.7. The van der Waals surface area contributed by atoms with Crippen molar-refractivity contribution in [3.05, 3.63) is 83.4 Å². The summed E-state index contributed by atoms with van der Waals surface area (Å²) in [5.41, 5.74) is 4.18. The van der Waals surface area contributed by atoms with Gasteiger partial charge in [-0.05, 0) is 36.8 Å². The van der Waals surface area contributed by atoms with Gasteiger partial charge in [0.05, 0.1) is 16.9 Å². The van der Waals surface area contributed by atoms with E-state index in [4.69, 9.17) is 0 Å². The molecule has 0 unspecified atom stereocenters. The maximum Gasteiger partial charge on any atom is 0.274 e. The number of carbonyl (C=O) groups is 2. The molecule has 0 saturated heterocycles. The van der Waals surface area contributed by atoms with Crippen LogP contribution >= 0.6 is 0 Å². The molecule has 0 atom stereocenters. The molecule has 136 valence electrons. The molecule has 6 nitrogen and oxygen atoms in total. The fourth-order valence-corrected chi connectivity index (χ4v) is 2.82. The molecular formula is C22H16N4O2. The second-order valence-corrected chi connectivity index (χ2v) is 5.98. The summed E-state index contributed by atoms with van der Waals surface area (Å²) in [6, 6.07) is 12.5. The van der Waals surface area contributed by atoms with Crippen LogP contribution in [-0.2, 0) is 0 Å². The van der Waals surface area contributed by atoms with Gasteiger partial charge in [0.1, 0.15) is 11.8 Å². The number of rotatable bonds is 5. The lowest BCUT2D eigenvalue weighted by molar-refractivity contribution is 0.102. The lowest BCUT2D eigenvalue weighted by Gasteiger charge is -2.15. The maximum atomic E-state index is 12.7. The Kier molecular flexibility index (Phi) is 5.38. The van der Waals surface area contributed by atoms with E-state index < -0.39 is 5.91 Å². The molecule has 0 aliphatic rings. The van der Waals surface area contributed by atoms with E-state index in [0.717, 1.165) is 5.56 Å². The Balaban J connectivity index is 2.06. The number of anilines is 1. The molecule has 3 rings (SSSR count). The number of nitrogens with one attached hydrogen (secondary N) is 1. The van der Waals surface area contributed by atoms with E-state index in [1.54, 1.807) is 12.3 Å². The summed E-state index contributed by atoms with van der Waals surface area (Å²) in [7, 11) is 0. The Morgan fingerprint density at radius 2 is 2.00 bits per heavy atom. The third-order valence-electron chi connectivity index (χ3n) is 4.24. The SMILES string of the molecule is C=Cc1nccc(-c2cccc(C)c2NC(=O)c2ccc(C=O)cn2)c1C#N. The van der Waals surface area contributed by atoms with Crippen molar-refractivity contribution in [2.45, 2.75) is 6.92 Å². The van der Waals surface area contributed by atoms with Gasteiger partial charge in [0, 0.05) is 29.1 Å². The molecule has 0 aliphatic carbocycles. The number of hydrogen-bond acceptors (Lipinski definition) is 5. The number of amides is 1. The minimum absolute atomic E-state index is 0.182. The highest BCUT2D eigenvalue weighted by Crippen LogP contribution is 2.34. The molecule has 1 aromatic carbocycles. The van der Waals surface area contributed by atoms with E-state index in [1.165, 1.54) is 24.4 Å². The highest BCUT2D eigenvalue weighted by atomic mass is 16.1. The van der Waals surface area contributed by atoms with Gasteiger partial charge in [0.15, 0.2) is 6.29 Å². The molecule has 2 aromatic heterocycles. The summed E-state index contributed by atoms with van der Waals surface area (Å²) >= 11 is 0. The number of aldehydes is 1. The van der Waals surface area contributed by atoms with Gasteiger partial charge in [-0.3, -0.25) is 19.6 Å². The van der Waals surface area contributed by atoms with Crippen molar-refractivity contribution in [1.29, 1.82) is 5.26 Å². The molecule has 2 heterocycles. The van der Waals surface area contributed by atoms with E-state index in [1.807, 2.05) is 25.1 Å². The van der Waals surface area contributed by atoms with Crippen LogP contribution in [0.15, 0.2) is 55.4 Å². The molecule has 0 saturated carbocycles. The van der Waals surface area contributed by atoms with Crippen molar-refractivity contribution in [3.8, 4) is 17.2 Å². The van der Waals surface area contributed by atoms with Gasteiger partial charge in [0.25, 0.3) is 5.91 Å². The van der Waals surface area contributed by atoms with Crippen molar-refractivity contribution in [2.75, 3.05) is 5.32 Å². The second-order valence-electron chi connectivity index (χ2n) is 5.98. The average Bonchev–Trinajstić information content (AvgIpc) is 2.74. The van der Waals surface area contributed by atoms with E-state index in [9.17, 15) is 14.9 Å². The number of nitrogens with zero attached hydrogens (tertiary/aromatic N) is 3. The Labute approximate surface area is 162 Å². The molecule has 0 bridgehead atoms. The van der Waals surface area contributed by atoms with E-state index in [0.29, 0.717) is 39.9 Å². The highest BCUT2D eigenvalue weighted by Gasteiger charge is 2.17. The second kappa shape index (κ2) is 8.06. The molecule has 6 heteroatoms. The smallest absolute Gasteiger partial charge is 0.274 e. The van der Waals surface area contributed by atoms with Crippen LogP contribution < -0.4 is 5.32 Å². The fourth-order valence-electron chi connectivity index (χ4n) is 2.82. The number of aryl methyl sites for hydroxylation is 1. The van der Waals surface area contributed by atoms with E-state index in [2.05, 4.69) is 27.9 Å². The zero-order chi connectivity index (χ0) is 20.1. The van der Waals surface area contributed by atoms with Crippen LogP contribution in [0.25, 0.3) is 17.2 Å². The third-order valence-corrected chi connectivity index (χ3v) is 4.24. The standard InChI is InChI=1S/C22H16N4O2/c1-3-19-18(11-23)16(9-10-24-19)17-6-4-5-14(2)21(17)26-22(28)20-8-7-15(13-27)12-25-20/h3-10,12-13H,1H2,2H3,(H,26,28). The monoisotopic (exact) mass is 368 g/mol. The number of nitriles is 1. The predicted molar refractivity (Wildman–Crippen MR) is 107 cm³/mol. The molecule has 0 spiro atoms. The molecule has 0 fully saturated rings. The van der Waals surface area contributed by atoms with E-state index in [-0.39, 0.29) is 5.69 Å². The van der Waals surface area contributed by atoms with Crippen LogP contribution in [0.1, 0.15) is 37.7 Å². The van der Waals surface area contributed by atoms with Crippen molar-refractivity contribution >= 4 is 24.0 Å². The predicted octanol–water partition coefficient (Wildman–Crippen LogP) is 4.03. The summed E-state index contributed by atoms with van der Waals surface area (Å²) in [5.74, 6) is -0.412. The first-order chi connectivity index (χ1) is 13.6. The zero-order valence-corrected chi connectivity index (χ0v) is 15.1. The van der Waals surface area contributed by atoms with Crippen LogP contribution in [-0.4, -0.2) is 22.2 Å². The lowest BCUT2D eigenvalue weighted by atomic mass is 9.96. The van der Waals surface area contributed by atoms with Crippen LogP contribution in [0.3, 0.4) is 0 Å². The van der Waals surface area contributed by atoms with Gasteiger partial charge in [-0.2, -0.15) is 5.26 Å². The number of carbonyl (C=O) groups excluding carboxylic acids is 2. The van der Waals surface area contributed by atoms with Crippen molar-refractivity contribution < 1.29 is 9.59 Å². The minimum Gasteiger partial charge on any atom is -0.320 e. The van der Waals surface area contributed by atoms with Crippen molar-refractivity contribution in [2.24, 2.45) is 0 Å². The van der Waals surface area contributed by atoms with E-state index >= 15 is 0 Å². The average molecular weight is 368 g/mol. The number of pyridine rings is 2. The molecule has 1 N–H and O–H groups in total. The Morgan fingerprint density at radius 3 is 2.64 bits per heavy atom. The molecule has 3 aromatic rings. The van der Waals surface area contributed by atoms with Crippen LogP contribution in [0.4, 0.5) is 5.69 Å². The summed E-state index contributed by atoms with van der Waals surface area (Å²) in [4.78, 5) is 31.6. The van der Waals surface area contributed by atoms with Gasteiger partial charge in [-0.1, -0.05) is 24.8 Å². The third kappa shape index (κ3) is 3.55. The van der Waals surface area contributed by atoms with Crippen molar-refractivity contribution in [3.63, 3.8) is 0 Å². The zero-order valence-electron chi connectivity index (χ0n) is 15.1. The Hall–Kier alpha value is -4.11. The topological polar surface area (TPSA) is 95.7 Å². The molecule has 0 aliphatic heterocycles. The van der Waals surface area contributed by atoms with Gasteiger partial charge in [-0.15, -0.1) is 0 Å². The van der Waals surface area contributed by atoms with Crippen molar-refractivity contribution in [1.82, 2.24) is 9.97 Å². The van der Waals surface area contributed by atoms with Gasteiger partial charge in [-0.25, -0.2) is 0 Å². The number of hydrogen-bond donors (Lipinski definition) is 1. The first-order valence-electron chi connectivity index (χ1n) is 8.43. The Morgan fingerprint density at radius 1 is 1.18 bits per heavy atom. The molecule has 28 heavy (non-hydrogen) atoms. The Bertz CT molecular complexity index is 1110. The van der Waals surface area contributed by atoms with Gasteiger partial charge in [0.2, 0.25) is 0 Å².